The second kappa shape index (κ2) is 4.84. The van der Waals surface area contributed by atoms with Crippen LogP contribution in [0.1, 0.15) is 5.56 Å². The van der Waals surface area contributed by atoms with Crippen molar-refractivity contribution in [2.45, 2.75) is 13.3 Å². The van der Waals surface area contributed by atoms with Crippen LogP contribution in [0.25, 0.3) is 22.0 Å². The molecule has 0 spiro atoms. The summed E-state index contributed by atoms with van der Waals surface area (Å²) in [5.74, 6) is -0.201. The summed E-state index contributed by atoms with van der Waals surface area (Å²) in [5, 5.41) is 1.05. The van der Waals surface area contributed by atoms with E-state index < -0.39 is 6.36 Å². The third-order valence-corrected chi connectivity index (χ3v) is 3.31. The summed E-state index contributed by atoms with van der Waals surface area (Å²) < 4.78 is 41.5. The third-order valence-electron chi connectivity index (χ3n) is 3.31. The van der Waals surface area contributed by atoms with Gasteiger partial charge in [0.1, 0.15) is 5.75 Å². The zero-order valence-corrected chi connectivity index (χ0v) is 11.2. The molecule has 3 aromatic rings. The van der Waals surface area contributed by atoms with Gasteiger partial charge in [-0.3, -0.25) is 0 Å². The molecule has 21 heavy (non-hydrogen) atoms. The van der Waals surface area contributed by atoms with Gasteiger partial charge >= 0.3 is 6.36 Å². The lowest BCUT2D eigenvalue weighted by Crippen LogP contribution is -2.17. The summed E-state index contributed by atoms with van der Waals surface area (Å²) in [6.07, 6.45) is -2.84. The molecule has 0 atom stereocenters. The van der Waals surface area contributed by atoms with Crippen LogP contribution in [0, 0.1) is 6.92 Å². The van der Waals surface area contributed by atoms with Crippen LogP contribution >= 0.6 is 0 Å². The number of aromatic amines is 1. The topological polar surface area (TPSA) is 25.0 Å². The van der Waals surface area contributed by atoms with Crippen LogP contribution in [-0.2, 0) is 0 Å². The quantitative estimate of drug-likeness (QED) is 0.702. The van der Waals surface area contributed by atoms with Crippen molar-refractivity contribution in [3.05, 3.63) is 54.2 Å². The summed E-state index contributed by atoms with van der Waals surface area (Å²) in [4.78, 5) is 3.10. The lowest BCUT2D eigenvalue weighted by Gasteiger charge is -2.13. The zero-order chi connectivity index (χ0) is 15.0. The maximum absolute atomic E-state index is 12.5. The van der Waals surface area contributed by atoms with Gasteiger partial charge in [0.25, 0.3) is 0 Å². The molecule has 1 N–H and O–H groups in total. The molecule has 108 valence electrons. The van der Waals surface area contributed by atoms with Crippen molar-refractivity contribution < 1.29 is 17.9 Å². The number of nitrogens with one attached hydrogen (secondary N) is 1. The Kier molecular flexibility index (Phi) is 3.12. The van der Waals surface area contributed by atoms with Crippen molar-refractivity contribution in [3.8, 4) is 16.9 Å². The van der Waals surface area contributed by atoms with Crippen LogP contribution in [0.15, 0.2) is 48.7 Å². The number of ether oxygens (including phenoxy) is 1. The molecule has 0 fully saturated rings. The molecule has 1 heterocycles. The van der Waals surface area contributed by atoms with E-state index in [0.717, 1.165) is 16.5 Å². The Balaban J connectivity index is 2.09. The number of benzene rings is 2. The fourth-order valence-electron chi connectivity index (χ4n) is 2.36. The van der Waals surface area contributed by atoms with Crippen LogP contribution in [0.5, 0.6) is 5.75 Å². The maximum Gasteiger partial charge on any atom is 0.573 e. The molecule has 0 saturated heterocycles. The fourth-order valence-corrected chi connectivity index (χ4v) is 2.36. The first kappa shape index (κ1) is 13.5. The number of aryl methyl sites for hydroxylation is 1. The average molecular weight is 291 g/mol. The first-order valence-electron chi connectivity index (χ1n) is 6.37. The van der Waals surface area contributed by atoms with E-state index in [0.29, 0.717) is 11.1 Å². The highest BCUT2D eigenvalue weighted by Gasteiger charge is 2.32. The number of halogens is 3. The van der Waals surface area contributed by atoms with Crippen LogP contribution in [0.3, 0.4) is 0 Å². The average Bonchev–Trinajstić information content (AvgIpc) is 2.79. The number of H-pyrrole nitrogens is 1. The summed E-state index contributed by atoms with van der Waals surface area (Å²) in [6, 6.07) is 11.6. The molecule has 0 bridgehead atoms. The number of hydrogen-bond donors (Lipinski definition) is 1. The minimum atomic E-state index is -4.71. The predicted octanol–water partition coefficient (Wildman–Crippen LogP) is 5.04. The van der Waals surface area contributed by atoms with E-state index in [1.54, 1.807) is 18.2 Å². The van der Waals surface area contributed by atoms with E-state index >= 15 is 0 Å². The van der Waals surface area contributed by atoms with Crippen LogP contribution in [0.4, 0.5) is 13.2 Å². The Bertz CT molecular complexity index is 790. The lowest BCUT2D eigenvalue weighted by molar-refractivity contribution is -0.274. The van der Waals surface area contributed by atoms with E-state index in [9.17, 15) is 13.2 Å². The molecule has 3 rings (SSSR count). The minimum Gasteiger partial charge on any atom is -0.405 e. The number of hydrogen-bond acceptors (Lipinski definition) is 1. The third kappa shape index (κ3) is 2.72. The van der Waals surface area contributed by atoms with Gasteiger partial charge < -0.3 is 9.72 Å². The van der Waals surface area contributed by atoms with Crippen LogP contribution in [-0.4, -0.2) is 11.3 Å². The molecule has 0 unspecified atom stereocenters. The summed E-state index contributed by atoms with van der Waals surface area (Å²) >= 11 is 0. The molecule has 0 aliphatic heterocycles. The summed E-state index contributed by atoms with van der Waals surface area (Å²) in [7, 11) is 0. The molecule has 0 radical (unpaired) electrons. The molecular formula is C16H12F3NO. The molecule has 0 saturated carbocycles. The standard InChI is InChI=1S/C16H12F3NO/c1-10-9-20-14-8-11(6-7-12(10)14)13-4-2-3-5-15(13)21-16(17,18)19/h2-9,20H,1H3. The molecule has 0 aliphatic carbocycles. The van der Waals surface area contributed by atoms with E-state index in [1.807, 2.05) is 25.3 Å². The highest BCUT2D eigenvalue weighted by molar-refractivity contribution is 5.88. The van der Waals surface area contributed by atoms with Crippen molar-refractivity contribution in [1.82, 2.24) is 4.98 Å². The molecule has 2 nitrogen and oxygen atoms in total. The van der Waals surface area contributed by atoms with Gasteiger partial charge in [-0.25, -0.2) is 0 Å². The van der Waals surface area contributed by atoms with Crippen LogP contribution < -0.4 is 4.74 Å². The van der Waals surface area contributed by atoms with Crippen molar-refractivity contribution in [2.75, 3.05) is 0 Å². The number of para-hydroxylation sites is 1. The van der Waals surface area contributed by atoms with Gasteiger partial charge in [-0.2, -0.15) is 0 Å². The molecule has 2 aromatic carbocycles. The second-order valence-corrected chi connectivity index (χ2v) is 4.78. The second-order valence-electron chi connectivity index (χ2n) is 4.78. The van der Waals surface area contributed by atoms with Gasteiger partial charge in [0.2, 0.25) is 0 Å². The first-order chi connectivity index (χ1) is 9.94. The lowest BCUT2D eigenvalue weighted by atomic mass is 10.0. The normalized spacial score (nSPS) is 11.8. The van der Waals surface area contributed by atoms with Gasteiger partial charge in [0.15, 0.2) is 0 Å². The van der Waals surface area contributed by atoms with Crippen molar-refractivity contribution in [1.29, 1.82) is 0 Å². The first-order valence-corrected chi connectivity index (χ1v) is 6.37. The monoisotopic (exact) mass is 291 g/mol. The van der Waals surface area contributed by atoms with Crippen LogP contribution in [0.2, 0.25) is 0 Å². The maximum atomic E-state index is 12.5. The zero-order valence-electron chi connectivity index (χ0n) is 11.2. The Hall–Kier alpha value is -2.43. The molecule has 5 heteroatoms. The highest BCUT2D eigenvalue weighted by Crippen LogP contribution is 2.35. The minimum absolute atomic E-state index is 0.201. The Morgan fingerprint density at radius 1 is 1.05 bits per heavy atom. The SMILES string of the molecule is Cc1c[nH]c2cc(-c3ccccc3OC(F)(F)F)ccc12. The van der Waals surface area contributed by atoms with Crippen molar-refractivity contribution in [2.24, 2.45) is 0 Å². The molecule has 1 aromatic heterocycles. The van der Waals surface area contributed by atoms with E-state index in [-0.39, 0.29) is 5.75 Å². The number of aromatic nitrogens is 1. The van der Waals surface area contributed by atoms with Crippen molar-refractivity contribution in [3.63, 3.8) is 0 Å². The van der Waals surface area contributed by atoms with Gasteiger partial charge in [-0.05, 0) is 30.2 Å². The van der Waals surface area contributed by atoms with E-state index in [1.165, 1.54) is 12.1 Å². The molecule has 0 amide bonds. The largest absolute Gasteiger partial charge is 0.573 e. The Morgan fingerprint density at radius 2 is 1.81 bits per heavy atom. The highest BCUT2D eigenvalue weighted by atomic mass is 19.4. The Labute approximate surface area is 119 Å². The number of fused-ring (bicyclic) bond motifs is 1. The van der Waals surface area contributed by atoms with Gasteiger partial charge in [-0.15, -0.1) is 13.2 Å². The number of rotatable bonds is 2. The summed E-state index contributed by atoms with van der Waals surface area (Å²) in [5.41, 5.74) is 3.05. The summed E-state index contributed by atoms with van der Waals surface area (Å²) in [6.45, 7) is 1.97. The van der Waals surface area contributed by atoms with E-state index in [4.69, 9.17) is 0 Å². The van der Waals surface area contributed by atoms with Gasteiger partial charge in [0, 0.05) is 22.7 Å². The van der Waals surface area contributed by atoms with Crippen molar-refractivity contribution >= 4 is 10.9 Å². The smallest absolute Gasteiger partial charge is 0.405 e. The fraction of sp³-hybridized carbons (Fsp3) is 0.125. The predicted molar refractivity (Wildman–Crippen MR) is 75.2 cm³/mol. The molecular weight excluding hydrogens is 279 g/mol. The van der Waals surface area contributed by atoms with E-state index in [2.05, 4.69) is 9.72 Å². The van der Waals surface area contributed by atoms with Gasteiger partial charge in [0.05, 0.1) is 0 Å². The number of alkyl halides is 3. The van der Waals surface area contributed by atoms with Gasteiger partial charge in [-0.1, -0.05) is 30.3 Å². The molecule has 0 aliphatic rings. The Morgan fingerprint density at radius 3 is 2.57 bits per heavy atom.